The van der Waals surface area contributed by atoms with Crippen LogP contribution in [0, 0.1) is 17.7 Å². The van der Waals surface area contributed by atoms with E-state index in [1.807, 2.05) is 0 Å². The molecule has 1 saturated carbocycles. The van der Waals surface area contributed by atoms with Gasteiger partial charge in [-0.2, -0.15) is 0 Å². The average Bonchev–Trinajstić information content (AvgIpc) is 2.82. The summed E-state index contributed by atoms with van der Waals surface area (Å²) >= 11 is 0. The molecule has 0 spiro atoms. The third-order valence-corrected chi connectivity index (χ3v) is 7.62. The van der Waals surface area contributed by atoms with E-state index in [0.29, 0.717) is 32.6 Å². The molecule has 1 aliphatic carbocycles. The summed E-state index contributed by atoms with van der Waals surface area (Å²) in [5.74, 6) is -0.871. The minimum absolute atomic E-state index is 0.0279. The van der Waals surface area contributed by atoms with Gasteiger partial charge in [0.05, 0.1) is 24.7 Å². The fourth-order valence-corrected chi connectivity index (χ4v) is 5.22. The first-order valence-corrected chi connectivity index (χ1v) is 12.9. The van der Waals surface area contributed by atoms with Crippen molar-refractivity contribution in [1.82, 2.24) is 20.3 Å². The molecule has 1 aromatic rings. The maximum atomic E-state index is 13.0. The van der Waals surface area contributed by atoms with E-state index >= 15 is 0 Å². The minimum Gasteiger partial charge on any atom is -0.379 e. The molecular formula is C22H33FN4O5S. The molecule has 2 aliphatic rings. The van der Waals surface area contributed by atoms with E-state index in [-0.39, 0.29) is 41.6 Å². The van der Waals surface area contributed by atoms with Gasteiger partial charge in [0.1, 0.15) is 5.82 Å². The number of nitrogens with one attached hydrogen (secondary N) is 3. The summed E-state index contributed by atoms with van der Waals surface area (Å²) in [7, 11) is -3.69. The summed E-state index contributed by atoms with van der Waals surface area (Å²) in [6, 6.07) is 4.70. The van der Waals surface area contributed by atoms with Gasteiger partial charge in [0.2, 0.25) is 21.8 Å². The van der Waals surface area contributed by atoms with Crippen molar-refractivity contribution in [3.8, 4) is 0 Å². The first-order chi connectivity index (χ1) is 15.8. The van der Waals surface area contributed by atoms with Crippen LogP contribution in [0.4, 0.5) is 4.39 Å². The highest BCUT2D eigenvalue weighted by Crippen LogP contribution is 2.28. The summed E-state index contributed by atoms with van der Waals surface area (Å²) < 4.78 is 45.5. The molecule has 2 amide bonds. The molecule has 1 aliphatic heterocycles. The summed E-state index contributed by atoms with van der Waals surface area (Å²) in [4.78, 5) is 26.6. The fourth-order valence-electron chi connectivity index (χ4n) is 4.11. The van der Waals surface area contributed by atoms with Gasteiger partial charge in [0.25, 0.3) is 0 Å². The van der Waals surface area contributed by atoms with Crippen LogP contribution >= 0.6 is 0 Å². The maximum Gasteiger partial charge on any atom is 0.240 e. The lowest BCUT2D eigenvalue weighted by atomic mass is 9.81. The molecule has 3 rings (SSSR count). The van der Waals surface area contributed by atoms with Crippen LogP contribution in [0.3, 0.4) is 0 Å². The van der Waals surface area contributed by atoms with Gasteiger partial charge in [-0.3, -0.25) is 14.5 Å². The molecule has 2 fully saturated rings. The zero-order valence-corrected chi connectivity index (χ0v) is 19.5. The number of hydrogen-bond donors (Lipinski definition) is 3. The highest BCUT2D eigenvalue weighted by molar-refractivity contribution is 7.89. The Morgan fingerprint density at radius 3 is 2.36 bits per heavy atom. The topological polar surface area (TPSA) is 117 Å². The van der Waals surface area contributed by atoms with E-state index < -0.39 is 15.8 Å². The third kappa shape index (κ3) is 8.33. The van der Waals surface area contributed by atoms with Gasteiger partial charge in [-0.1, -0.05) is 0 Å². The quantitative estimate of drug-likeness (QED) is 0.445. The summed E-state index contributed by atoms with van der Waals surface area (Å²) in [6.07, 6.45) is 2.73. The van der Waals surface area contributed by atoms with E-state index in [1.54, 1.807) is 0 Å². The van der Waals surface area contributed by atoms with Crippen molar-refractivity contribution in [1.29, 1.82) is 0 Å². The van der Waals surface area contributed by atoms with Gasteiger partial charge in [-0.05, 0) is 55.9 Å². The van der Waals surface area contributed by atoms with Crippen LogP contribution in [-0.4, -0.2) is 77.6 Å². The van der Waals surface area contributed by atoms with E-state index in [2.05, 4.69) is 20.3 Å². The lowest BCUT2D eigenvalue weighted by Crippen LogP contribution is -2.44. The second kappa shape index (κ2) is 12.4. The predicted molar refractivity (Wildman–Crippen MR) is 120 cm³/mol. The number of halogens is 1. The molecule has 1 aromatic carbocycles. The van der Waals surface area contributed by atoms with Gasteiger partial charge in [-0.15, -0.1) is 0 Å². The molecule has 1 saturated heterocycles. The predicted octanol–water partition coefficient (Wildman–Crippen LogP) is 0.475. The molecule has 0 radical (unpaired) electrons. The number of carbonyl (C=O) groups is 2. The van der Waals surface area contributed by atoms with E-state index in [9.17, 15) is 22.4 Å². The van der Waals surface area contributed by atoms with Gasteiger partial charge in [0.15, 0.2) is 0 Å². The second-order valence-electron chi connectivity index (χ2n) is 8.55. The Bertz CT molecular complexity index is 883. The van der Waals surface area contributed by atoms with Crippen LogP contribution < -0.4 is 15.4 Å². The van der Waals surface area contributed by atoms with E-state index in [4.69, 9.17) is 4.74 Å². The molecule has 0 bridgehead atoms. The van der Waals surface area contributed by atoms with Crippen LogP contribution in [-0.2, 0) is 24.3 Å². The largest absolute Gasteiger partial charge is 0.379 e. The second-order valence-corrected chi connectivity index (χ2v) is 10.3. The maximum absolute atomic E-state index is 13.0. The standard InChI is InChI=1S/C22H33FN4O5S/c23-19-5-7-20(8-6-19)33(30,31)26-15-17-1-3-18(4-2-17)22(29)25-16-21(28)24-9-10-27-11-13-32-14-12-27/h5-8,17-18,26H,1-4,9-16H2,(H,24,28)(H,25,29). The number of benzene rings is 1. The Kier molecular flexibility index (Phi) is 9.60. The monoisotopic (exact) mass is 484 g/mol. The highest BCUT2D eigenvalue weighted by atomic mass is 32.2. The van der Waals surface area contributed by atoms with E-state index in [0.717, 1.165) is 44.6 Å². The number of morpholine rings is 1. The Balaban J connectivity index is 1.30. The Hall–Kier alpha value is -2.08. The number of nitrogens with zero attached hydrogens (tertiary/aromatic N) is 1. The van der Waals surface area contributed by atoms with Crippen molar-refractivity contribution in [3.05, 3.63) is 30.1 Å². The number of carbonyl (C=O) groups excluding carboxylic acids is 2. The lowest BCUT2D eigenvalue weighted by molar-refractivity contribution is -0.129. The minimum atomic E-state index is -3.69. The number of sulfonamides is 1. The Labute approximate surface area is 194 Å². The molecule has 33 heavy (non-hydrogen) atoms. The van der Waals surface area contributed by atoms with E-state index in [1.165, 1.54) is 12.1 Å². The summed E-state index contributed by atoms with van der Waals surface area (Å²) in [5.41, 5.74) is 0. The molecular weight excluding hydrogens is 451 g/mol. The number of ether oxygens (including phenoxy) is 1. The summed E-state index contributed by atoms with van der Waals surface area (Å²) in [5, 5.41) is 5.53. The molecule has 1 heterocycles. The van der Waals surface area contributed by atoms with Crippen molar-refractivity contribution in [2.24, 2.45) is 11.8 Å². The zero-order chi connectivity index (χ0) is 23.7. The number of hydrogen-bond acceptors (Lipinski definition) is 6. The number of amides is 2. The highest BCUT2D eigenvalue weighted by Gasteiger charge is 2.27. The fraction of sp³-hybridized carbons (Fsp3) is 0.636. The van der Waals surface area contributed by atoms with Gasteiger partial charge >= 0.3 is 0 Å². The molecule has 184 valence electrons. The molecule has 0 aromatic heterocycles. The van der Waals surface area contributed by atoms with Crippen LogP contribution in [0.1, 0.15) is 25.7 Å². The van der Waals surface area contributed by atoms with Crippen molar-refractivity contribution >= 4 is 21.8 Å². The van der Waals surface area contributed by atoms with Crippen molar-refractivity contribution in [2.45, 2.75) is 30.6 Å². The zero-order valence-electron chi connectivity index (χ0n) is 18.7. The van der Waals surface area contributed by atoms with Crippen molar-refractivity contribution in [2.75, 3.05) is 52.5 Å². The Morgan fingerprint density at radius 2 is 1.70 bits per heavy atom. The van der Waals surface area contributed by atoms with Gasteiger partial charge < -0.3 is 15.4 Å². The van der Waals surface area contributed by atoms with Gasteiger partial charge in [-0.25, -0.2) is 17.5 Å². The molecule has 9 nitrogen and oxygen atoms in total. The smallest absolute Gasteiger partial charge is 0.240 e. The number of rotatable bonds is 10. The lowest BCUT2D eigenvalue weighted by Gasteiger charge is -2.28. The SMILES string of the molecule is O=C(CNC(=O)C1CCC(CNS(=O)(=O)c2ccc(F)cc2)CC1)NCCN1CCOCC1. The Morgan fingerprint density at radius 1 is 1.03 bits per heavy atom. The summed E-state index contributed by atoms with van der Waals surface area (Å²) in [6.45, 7) is 4.69. The van der Waals surface area contributed by atoms with Crippen LogP contribution in [0.25, 0.3) is 0 Å². The molecule has 3 N–H and O–H groups in total. The molecule has 0 atom stereocenters. The van der Waals surface area contributed by atoms with Gasteiger partial charge in [0, 0.05) is 38.6 Å². The molecule has 0 unspecified atom stereocenters. The third-order valence-electron chi connectivity index (χ3n) is 6.18. The van der Waals surface area contributed by atoms with Crippen LogP contribution in [0.5, 0.6) is 0 Å². The van der Waals surface area contributed by atoms with Crippen molar-refractivity contribution < 1.29 is 27.1 Å². The first kappa shape index (κ1) is 25.5. The van der Waals surface area contributed by atoms with Crippen LogP contribution in [0.2, 0.25) is 0 Å². The first-order valence-electron chi connectivity index (χ1n) is 11.4. The van der Waals surface area contributed by atoms with Crippen molar-refractivity contribution in [3.63, 3.8) is 0 Å². The van der Waals surface area contributed by atoms with Crippen LogP contribution in [0.15, 0.2) is 29.2 Å². The normalized spacial score (nSPS) is 22.0. The molecule has 11 heteroatoms. The average molecular weight is 485 g/mol.